The highest BCUT2D eigenvalue weighted by molar-refractivity contribution is 7.91. The summed E-state index contributed by atoms with van der Waals surface area (Å²) in [4.78, 5) is 1.09. The van der Waals surface area contributed by atoms with Gasteiger partial charge in [-0.05, 0) is 44.7 Å². The van der Waals surface area contributed by atoms with Crippen molar-refractivity contribution in [1.82, 2.24) is 10.0 Å². The summed E-state index contributed by atoms with van der Waals surface area (Å²) >= 11 is 1.38. The van der Waals surface area contributed by atoms with Crippen molar-refractivity contribution >= 4 is 21.4 Å². The summed E-state index contributed by atoms with van der Waals surface area (Å²) in [6, 6.07) is 4.30. The van der Waals surface area contributed by atoms with Crippen molar-refractivity contribution in [2.75, 3.05) is 0 Å². The molecule has 20 heavy (non-hydrogen) atoms. The van der Waals surface area contributed by atoms with Crippen LogP contribution in [0.2, 0.25) is 0 Å². The van der Waals surface area contributed by atoms with Crippen LogP contribution in [0, 0.1) is 0 Å². The predicted octanol–water partition coefficient (Wildman–Crippen LogP) is 2.61. The quantitative estimate of drug-likeness (QED) is 0.848. The molecule has 0 unspecified atom stereocenters. The first-order valence-electron chi connectivity index (χ1n) is 7.33. The van der Waals surface area contributed by atoms with E-state index in [1.807, 2.05) is 13.0 Å². The van der Waals surface area contributed by atoms with Gasteiger partial charge in [-0.3, -0.25) is 0 Å². The second kappa shape index (κ2) is 5.40. The molecule has 0 bridgehead atoms. The molecule has 2 fully saturated rings. The highest BCUT2D eigenvalue weighted by Gasteiger charge is 2.34. The molecule has 112 valence electrons. The molecular formula is C14H22N2O2S2. The van der Waals surface area contributed by atoms with Crippen molar-refractivity contribution in [3.05, 3.63) is 17.0 Å². The van der Waals surface area contributed by atoms with Crippen LogP contribution in [-0.4, -0.2) is 20.0 Å². The molecule has 0 amide bonds. The fourth-order valence-corrected chi connectivity index (χ4v) is 5.53. The number of sulfonamides is 1. The minimum atomic E-state index is -3.36. The lowest BCUT2D eigenvalue weighted by Gasteiger charge is -2.24. The molecule has 0 saturated heterocycles. The van der Waals surface area contributed by atoms with Crippen LogP contribution in [0.4, 0.5) is 0 Å². The number of hydrogen-bond acceptors (Lipinski definition) is 4. The molecule has 1 aromatic rings. The number of nitrogens with one attached hydrogen (secondary N) is 2. The van der Waals surface area contributed by atoms with E-state index < -0.39 is 10.0 Å². The summed E-state index contributed by atoms with van der Waals surface area (Å²) in [6.07, 6.45) is 6.59. The van der Waals surface area contributed by atoms with Crippen molar-refractivity contribution < 1.29 is 8.42 Å². The second-order valence-electron chi connectivity index (χ2n) is 6.25. The van der Waals surface area contributed by atoms with Crippen LogP contribution in [0.25, 0.3) is 0 Å². The van der Waals surface area contributed by atoms with E-state index in [9.17, 15) is 8.42 Å². The van der Waals surface area contributed by atoms with E-state index in [2.05, 4.69) is 10.0 Å². The van der Waals surface area contributed by atoms with Gasteiger partial charge in [0, 0.05) is 23.0 Å². The zero-order valence-corrected chi connectivity index (χ0v) is 13.4. The van der Waals surface area contributed by atoms with Gasteiger partial charge in [-0.15, -0.1) is 11.3 Å². The Labute approximate surface area is 125 Å². The van der Waals surface area contributed by atoms with Crippen molar-refractivity contribution in [2.24, 2.45) is 0 Å². The van der Waals surface area contributed by atoms with Gasteiger partial charge in [-0.2, -0.15) is 0 Å². The average molecular weight is 314 g/mol. The van der Waals surface area contributed by atoms with Crippen LogP contribution >= 0.6 is 11.3 Å². The maximum atomic E-state index is 12.4. The molecule has 0 aliphatic heterocycles. The summed E-state index contributed by atoms with van der Waals surface area (Å²) in [7, 11) is -3.36. The molecule has 2 aliphatic rings. The molecule has 0 aromatic carbocycles. The van der Waals surface area contributed by atoms with Crippen molar-refractivity contribution in [1.29, 1.82) is 0 Å². The van der Waals surface area contributed by atoms with E-state index in [0.29, 0.717) is 10.3 Å². The lowest BCUT2D eigenvalue weighted by Crippen LogP contribution is -2.43. The lowest BCUT2D eigenvalue weighted by molar-refractivity contribution is 0.428. The van der Waals surface area contributed by atoms with Gasteiger partial charge in [0.25, 0.3) is 10.0 Å². The fraction of sp³-hybridized carbons (Fsp3) is 0.714. The Balaban J connectivity index is 1.66. The molecular weight excluding hydrogens is 292 g/mol. The van der Waals surface area contributed by atoms with Gasteiger partial charge in [0.05, 0.1) is 0 Å². The maximum absolute atomic E-state index is 12.4. The van der Waals surface area contributed by atoms with Crippen LogP contribution in [0.5, 0.6) is 0 Å². The Morgan fingerprint density at radius 3 is 2.65 bits per heavy atom. The highest BCUT2D eigenvalue weighted by Crippen LogP contribution is 2.32. The maximum Gasteiger partial charge on any atom is 0.250 e. The number of thiophene rings is 1. The molecule has 0 radical (unpaired) electrons. The third-order valence-electron chi connectivity index (χ3n) is 4.13. The van der Waals surface area contributed by atoms with Crippen LogP contribution in [-0.2, 0) is 16.6 Å². The van der Waals surface area contributed by atoms with E-state index in [1.165, 1.54) is 24.2 Å². The second-order valence-corrected chi connectivity index (χ2v) is 9.33. The minimum absolute atomic E-state index is 0.255. The molecule has 0 atom stereocenters. The van der Waals surface area contributed by atoms with Gasteiger partial charge in [-0.1, -0.05) is 12.8 Å². The third-order valence-corrected chi connectivity index (χ3v) is 7.35. The van der Waals surface area contributed by atoms with Gasteiger partial charge < -0.3 is 5.32 Å². The van der Waals surface area contributed by atoms with Gasteiger partial charge in [-0.25, -0.2) is 13.1 Å². The Kier molecular flexibility index (Phi) is 3.92. The Hall–Kier alpha value is -0.430. The SMILES string of the molecule is CC1(NS(=O)(=O)c2ccc(CNC3CC3)s2)CCCC1. The van der Waals surface area contributed by atoms with E-state index in [-0.39, 0.29) is 5.54 Å². The topological polar surface area (TPSA) is 58.2 Å². The standard InChI is InChI=1S/C14H22N2O2S2/c1-14(8-2-3-9-14)16-20(17,18)13-7-6-12(19-13)10-15-11-4-5-11/h6-7,11,15-16H,2-5,8-10H2,1H3. The predicted molar refractivity (Wildman–Crippen MR) is 81.4 cm³/mol. The molecule has 4 nitrogen and oxygen atoms in total. The fourth-order valence-electron chi connectivity index (χ4n) is 2.76. The van der Waals surface area contributed by atoms with Crippen molar-refractivity contribution in [3.63, 3.8) is 0 Å². The Bertz CT molecular complexity index is 570. The van der Waals surface area contributed by atoms with Crippen LogP contribution in [0.3, 0.4) is 0 Å². The molecule has 0 spiro atoms. The normalized spacial score (nSPS) is 22.2. The summed E-state index contributed by atoms with van der Waals surface area (Å²) < 4.78 is 28.2. The van der Waals surface area contributed by atoms with Crippen molar-refractivity contribution in [3.8, 4) is 0 Å². The highest BCUT2D eigenvalue weighted by atomic mass is 32.2. The number of rotatable bonds is 6. The van der Waals surface area contributed by atoms with Crippen LogP contribution in [0.1, 0.15) is 50.3 Å². The van der Waals surface area contributed by atoms with Crippen molar-refractivity contribution in [2.45, 2.75) is 67.8 Å². The van der Waals surface area contributed by atoms with E-state index >= 15 is 0 Å². The van der Waals surface area contributed by atoms with E-state index in [1.54, 1.807) is 6.07 Å². The summed E-state index contributed by atoms with van der Waals surface area (Å²) in [5, 5.41) is 3.41. The molecule has 2 saturated carbocycles. The van der Waals surface area contributed by atoms with Gasteiger partial charge >= 0.3 is 0 Å². The Morgan fingerprint density at radius 2 is 2.00 bits per heavy atom. The average Bonchev–Trinajstić information content (AvgIpc) is 2.90. The van der Waals surface area contributed by atoms with Crippen LogP contribution in [0.15, 0.2) is 16.3 Å². The Morgan fingerprint density at radius 1 is 1.30 bits per heavy atom. The van der Waals surface area contributed by atoms with Gasteiger partial charge in [0.2, 0.25) is 0 Å². The van der Waals surface area contributed by atoms with E-state index in [4.69, 9.17) is 0 Å². The van der Waals surface area contributed by atoms with E-state index in [0.717, 1.165) is 37.1 Å². The smallest absolute Gasteiger partial charge is 0.250 e. The summed E-state index contributed by atoms with van der Waals surface area (Å²) in [6.45, 7) is 2.79. The third kappa shape index (κ3) is 3.42. The summed E-state index contributed by atoms with van der Waals surface area (Å²) in [5.41, 5.74) is -0.255. The monoisotopic (exact) mass is 314 g/mol. The minimum Gasteiger partial charge on any atom is -0.309 e. The number of hydrogen-bond donors (Lipinski definition) is 2. The largest absolute Gasteiger partial charge is 0.309 e. The molecule has 2 aliphatic carbocycles. The van der Waals surface area contributed by atoms with Gasteiger partial charge in [0.15, 0.2) is 0 Å². The first-order valence-corrected chi connectivity index (χ1v) is 9.63. The first-order chi connectivity index (χ1) is 9.47. The molecule has 6 heteroatoms. The summed E-state index contributed by atoms with van der Waals surface area (Å²) in [5.74, 6) is 0. The zero-order chi connectivity index (χ0) is 14.2. The lowest BCUT2D eigenvalue weighted by atomic mass is 10.0. The molecule has 1 heterocycles. The molecule has 1 aromatic heterocycles. The molecule has 3 rings (SSSR count). The van der Waals surface area contributed by atoms with Crippen LogP contribution < -0.4 is 10.0 Å². The first kappa shape index (κ1) is 14.5. The van der Waals surface area contributed by atoms with Gasteiger partial charge in [0.1, 0.15) is 4.21 Å². The molecule has 2 N–H and O–H groups in total. The zero-order valence-electron chi connectivity index (χ0n) is 11.8.